The molecule has 1 fully saturated rings. The third-order valence-electron chi connectivity index (χ3n) is 3.93. The van der Waals surface area contributed by atoms with Crippen LogP contribution in [-0.2, 0) is 13.6 Å². The smallest absolute Gasteiger partial charge is 0.328 e. The van der Waals surface area contributed by atoms with Crippen molar-refractivity contribution in [1.29, 1.82) is 0 Å². The van der Waals surface area contributed by atoms with Crippen molar-refractivity contribution in [2.45, 2.75) is 25.0 Å². The van der Waals surface area contributed by atoms with Crippen LogP contribution in [0.2, 0.25) is 0 Å². The minimum atomic E-state index is -0.806. The maximum Gasteiger partial charge on any atom is 0.328 e. The van der Waals surface area contributed by atoms with Gasteiger partial charge in [-0.15, -0.1) is 0 Å². The molecule has 0 aromatic carbocycles. The van der Waals surface area contributed by atoms with Gasteiger partial charge in [0, 0.05) is 13.2 Å². The van der Waals surface area contributed by atoms with Crippen molar-refractivity contribution in [1.82, 2.24) is 19.4 Å². The Morgan fingerprint density at radius 3 is 2.89 bits per heavy atom. The van der Waals surface area contributed by atoms with E-state index >= 15 is 0 Å². The summed E-state index contributed by atoms with van der Waals surface area (Å²) in [5.74, 6) is 0. The standard InChI is InChI=1S/C13H18N4O2/c1-16-10-2-5-15-8-11(10)17(12(16)18)9-13(19)3-6-14-7-4-13/h2,5,8,14,19H,3-4,6-7,9H2,1H3. The number of hydrogen-bond acceptors (Lipinski definition) is 4. The largest absolute Gasteiger partial charge is 0.388 e. The molecular weight excluding hydrogens is 244 g/mol. The average molecular weight is 262 g/mol. The first-order valence-corrected chi connectivity index (χ1v) is 6.53. The van der Waals surface area contributed by atoms with Gasteiger partial charge in [-0.3, -0.25) is 14.1 Å². The topological polar surface area (TPSA) is 72.1 Å². The molecule has 0 atom stereocenters. The van der Waals surface area contributed by atoms with E-state index < -0.39 is 5.60 Å². The molecule has 0 amide bonds. The molecule has 6 nitrogen and oxygen atoms in total. The molecule has 0 radical (unpaired) electrons. The number of hydrogen-bond donors (Lipinski definition) is 2. The van der Waals surface area contributed by atoms with E-state index in [-0.39, 0.29) is 5.69 Å². The van der Waals surface area contributed by atoms with Gasteiger partial charge in [-0.25, -0.2) is 4.79 Å². The van der Waals surface area contributed by atoms with Crippen LogP contribution in [0, 0.1) is 0 Å². The van der Waals surface area contributed by atoms with Crippen molar-refractivity contribution in [2.75, 3.05) is 13.1 Å². The van der Waals surface area contributed by atoms with Crippen LogP contribution in [0.5, 0.6) is 0 Å². The predicted molar refractivity (Wildman–Crippen MR) is 72.0 cm³/mol. The van der Waals surface area contributed by atoms with Gasteiger partial charge in [0.2, 0.25) is 0 Å². The third-order valence-corrected chi connectivity index (χ3v) is 3.93. The number of imidazole rings is 1. The first kappa shape index (κ1) is 12.4. The number of piperidine rings is 1. The summed E-state index contributed by atoms with van der Waals surface area (Å²) in [6.07, 6.45) is 4.68. The van der Waals surface area contributed by atoms with Crippen LogP contribution in [0.1, 0.15) is 12.8 Å². The van der Waals surface area contributed by atoms with Crippen LogP contribution in [0.25, 0.3) is 11.0 Å². The molecule has 3 heterocycles. The van der Waals surface area contributed by atoms with Crippen LogP contribution in [-0.4, -0.2) is 37.9 Å². The Morgan fingerprint density at radius 1 is 1.42 bits per heavy atom. The van der Waals surface area contributed by atoms with Gasteiger partial charge in [-0.2, -0.15) is 0 Å². The molecule has 1 aliphatic heterocycles. The molecular formula is C13H18N4O2. The summed E-state index contributed by atoms with van der Waals surface area (Å²) in [7, 11) is 1.74. The van der Waals surface area contributed by atoms with E-state index in [2.05, 4.69) is 10.3 Å². The van der Waals surface area contributed by atoms with Gasteiger partial charge in [0.15, 0.2) is 0 Å². The normalized spacial score (nSPS) is 18.8. The number of rotatable bonds is 2. The highest BCUT2D eigenvalue weighted by Gasteiger charge is 2.31. The molecule has 0 bridgehead atoms. The number of nitrogens with zero attached hydrogens (tertiary/aromatic N) is 3. The quantitative estimate of drug-likeness (QED) is 0.789. The van der Waals surface area contributed by atoms with E-state index in [0.717, 1.165) is 24.1 Å². The Labute approximate surface area is 110 Å². The van der Waals surface area contributed by atoms with Crippen molar-refractivity contribution in [3.8, 4) is 0 Å². The molecule has 0 unspecified atom stereocenters. The summed E-state index contributed by atoms with van der Waals surface area (Å²) < 4.78 is 3.23. The fourth-order valence-electron chi connectivity index (χ4n) is 2.75. The zero-order valence-corrected chi connectivity index (χ0v) is 11.0. The average Bonchev–Trinajstić information content (AvgIpc) is 2.65. The zero-order valence-electron chi connectivity index (χ0n) is 11.0. The molecule has 6 heteroatoms. The fraction of sp³-hybridized carbons (Fsp3) is 0.538. The summed E-state index contributed by atoms with van der Waals surface area (Å²) in [6, 6.07) is 1.82. The molecule has 19 heavy (non-hydrogen) atoms. The fourth-order valence-corrected chi connectivity index (χ4v) is 2.75. The van der Waals surface area contributed by atoms with Crippen LogP contribution in [0.3, 0.4) is 0 Å². The van der Waals surface area contributed by atoms with Crippen LogP contribution >= 0.6 is 0 Å². The highest BCUT2D eigenvalue weighted by atomic mass is 16.3. The Hall–Kier alpha value is -1.66. The molecule has 2 aromatic heterocycles. The molecule has 0 spiro atoms. The highest BCUT2D eigenvalue weighted by molar-refractivity contribution is 5.74. The second-order valence-electron chi connectivity index (χ2n) is 5.27. The first-order chi connectivity index (χ1) is 9.11. The lowest BCUT2D eigenvalue weighted by molar-refractivity contribution is -0.00527. The summed E-state index contributed by atoms with van der Waals surface area (Å²) in [5, 5.41) is 13.8. The van der Waals surface area contributed by atoms with E-state index in [1.165, 1.54) is 0 Å². The molecule has 1 aliphatic rings. The number of fused-ring (bicyclic) bond motifs is 1. The van der Waals surface area contributed by atoms with Gasteiger partial charge in [-0.05, 0) is 32.0 Å². The Morgan fingerprint density at radius 2 is 2.16 bits per heavy atom. The van der Waals surface area contributed by atoms with Crippen LogP contribution in [0.15, 0.2) is 23.3 Å². The SMILES string of the molecule is Cn1c(=O)n(CC2(O)CCNCC2)c2cnccc21. The molecule has 1 saturated heterocycles. The van der Waals surface area contributed by atoms with Crippen LogP contribution in [0.4, 0.5) is 0 Å². The molecule has 2 N–H and O–H groups in total. The van der Waals surface area contributed by atoms with Gasteiger partial charge in [0.25, 0.3) is 0 Å². The lowest BCUT2D eigenvalue weighted by Gasteiger charge is -2.32. The number of pyridine rings is 1. The number of nitrogens with one attached hydrogen (secondary N) is 1. The summed E-state index contributed by atoms with van der Waals surface area (Å²) in [5.41, 5.74) is 0.716. The first-order valence-electron chi connectivity index (χ1n) is 6.53. The predicted octanol–water partition coefficient (Wildman–Crippen LogP) is -0.151. The van der Waals surface area contributed by atoms with Gasteiger partial charge < -0.3 is 10.4 Å². The zero-order chi connectivity index (χ0) is 13.5. The molecule has 2 aromatic rings. The van der Waals surface area contributed by atoms with Crippen molar-refractivity contribution in [3.05, 3.63) is 28.9 Å². The molecule has 0 aliphatic carbocycles. The van der Waals surface area contributed by atoms with Crippen molar-refractivity contribution >= 4 is 11.0 Å². The number of aromatic nitrogens is 3. The molecule has 3 rings (SSSR count). The Kier molecular flexibility index (Phi) is 2.91. The second-order valence-corrected chi connectivity index (χ2v) is 5.27. The highest BCUT2D eigenvalue weighted by Crippen LogP contribution is 2.21. The minimum absolute atomic E-state index is 0.102. The van der Waals surface area contributed by atoms with Crippen LogP contribution < -0.4 is 11.0 Å². The van der Waals surface area contributed by atoms with Gasteiger partial charge in [-0.1, -0.05) is 0 Å². The van der Waals surface area contributed by atoms with E-state index in [4.69, 9.17) is 0 Å². The Bertz CT molecular complexity index is 652. The lowest BCUT2D eigenvalue weighted by Crippen LogP contribution is -2.46. The lowest BCUT2D eigenvalue weighted by atomic mass is 9.92. The van der Waals surface area contributed by atoms with E-state index in [0.29, 0.717) is 19.4 Å². The minimum Gasteiger partial charge on any atom is -0.388 e. The maximum absolute atomic E-state index is 12.3. The van der Waals surface area contributed by atoms with E-state index in [1.54, 1.807) is 28.6 Å². The summed E-state index contributed by atoms with van der Waals surface area (Å²) >= 11 is 0. The van der Waals surface area contributed by atoms with E-state index in [9.17, 15) is 9.90 Å². The third kappa shape index (κ3) is 2.06. The van der Waals surface area contributed by atoms with E-state index in [1.807, 2.05) is 6.07 Å². The van der Waals surface area contributed by atoms with Crippen molar-refractivity contribution in [2.24, 2.45) is 7.05 Å². The van der Waals surface area contributed by atoms with Gasteiger partial charge >= 0.3 is 5.69 Å². The van der Waals surface area contributed by atoms with Crippen molar-refractivity contribution in [3.63, 3.8) is 0 Å². The monoisotopic (exact) mass is 262 g/mol. The second kappa shape index (κ2) is 4.47. The molecule has 102 valence electrons. The number of aryl methyl sites for hydroxylation is 1. The van der Waals surface area contributed by atoms with Gasteiger partial charge in [0.1, 0.15) is 0 Å². The summed E-state index contributed by atoms with van der Waals surface area (Å²) in [4.78, 5) is 16.4. The Balaban J connectivity index is 2.05. The number of aliphatic hydroxyl groups is 1. The maximum atomic E-state index is 12.3. The summed E-state index contributed by atoms with van der Waals surface area (Å²) in [6.45, 7) is 1.90. The van der Waals surface area contributed by atoms with Gasteiger partial charge in [0.05, 0.1) is 29.4 Å². The molecule has 0 saturated carbocycles. The van der Waals surface area contributed by atoms with Crippen molar-refractivity contribution < 1.29 is 5.11 Å².